The third-order valence-electron chi connectivity index (χ3n) is 6.27. The smallest absolute Gasteiger partial charge is 0.254 e. The Morgan fingerprint density at radius 3 is 2.08 bits per heavy atom. The Kier molecular flexibility index (Phi) is 3.42. The maximum Gasteiger partial charge on any atom is 0.254 e. The Hall–Kier alpha value is -1.27. The minimum absolute atomic E-state index is 0.124. The monoisotopic (exact) mass is 462 g/mol. The zero-order valence-corrected chi connectivity index (χ0v) is 16.7. The lowest BCUT2D eigenvalue weighted by atomic mass is 9.63. The summed E-state index contributed by atoms with van der Waals surface area (Å²) < 4.78 is 1.91. The highest BCUT2D eigenvalue weighted by Gasteiger charge is 2.67. The van der Waals surface area contributed by atoms with Gasteiger partial charge in [0.05, 0.1) is 18.1 Å². The first kappa shape index (κ1) is 15.9. The summed E-state index contributed by atoms with van der Waals surface area (Å²) in [5.41, 5.74) is 1.93. The van der Waals surface area contributed by atoms with E-state index in [2.05, 4.69) is 49.1 Å². The topological polar surface area (TPSA) is 49.7 Å². The lowest BCUT2D eigenvalue weighted by Gasteiger charge is -2.37. The van der Waals surface area contributed by atoms with Gasteiger partial charge in [-0.1, -0.05) is 44.0 Å². The molecule has 3 fully saturated rings. The van der Waals surface area contributed by atoms with E-state index in [1.165, 1.54) is 6.42 Å². The Morgan fingerprint density at radius 2 is 1.56 bits per heavy atom. The van der Waals surface area contributed by atoms with Gasteiger partial charge >= 0.3 is 0 Å². The van der Waals surface area contributed by atoms with Crippen LogP contribution in [0.3, 0.4) is 0 Å². The van der Waals surface area contributed by atoms with Crippen LogP contribution in [0, 0.1) is 42.4 Å². The lowest BCUT2D eigenvalue weighted by Crippen LogP contribution is -2.40. The SMILES string of the molecule is Cc1c(Br)cc(C=NN2C(=O)[C@@H]3[C@H]4C=C[C@@H]([C@@H]5C[C@H]45)[C@H]3C2=O)cc1Br. The maximum absolute atomic E-state index is 12.9. The van der Waals surface area contributed by atoms with Crippen molar-refractivity contribution in [2.24, 2.45) is 40.6 Å². The first-order valence-electron chi connectivity index (χ1n) is 8.53. The molecule has 2 bridgehead atoms. The quantitative estimate of drug-likeness (QED) is 0.379. The molecule has 1 saturated heterocycles. The van der Waals surface area contributed by atoms with Gasteiger partial charge in [-0.15, -0.1) is 0 Å². The van der Waals surface area contributed by atoms with Crippen molar-refractivity contribution in [1.82, 2.24) is 5.01 Å². The van der Waals surface area contributed by atoms with Crippen LogP contribution in [0.4, 0.5) is 0 Å². The molecule has 0 aromatic heterocycles. The fourth-order valence-electron chi connectivity index (χ4n) is 4.92. The highest BCUT2D eigenvalue weighted by atomic mass is 79.9. The molecule has 5 aliphatic rings. The number of hydrazone groups is 1. The minimum atomic E-state index is -0.195. The summed E-state index contributed by atoms with van der Waals surface area (Å²) in [6, 6.07) is 3.87. The van der Waals surface area contributed by atoms with E-state index in [0.29, 0.717) is 11.8 Å². The van der Waals surface area contributed by atoms with Gasteiger partial charge in [-0.2, -0.15) is 10.1 Å². The van der Waals surface area contributed by atoms with Gasteiger partial charge in [0.15, 0.2) is 0 Å². The van der Waals surface area contributed by atoms with Crippen molar-refractivity contribution in [3.63, 3.8) is 0 Å². The molecule has 1 aromatic rings. The molecule has 1 heterocycles. The van der Waals surface area contributed by atoms with Crippen molar-refractivity contribution in [3.8, 4) is 0 Å². The zero-order chi connectivity index (χ0) is 17.5. The summed E-state index contributed by atoms with van der Waals surface area (Å²) in [6.07, 6.45) is 7.11. The largest absolute Gasteiger partial charge is 0.272 e. The second kappa shape index (κ2) is 5.36. The van der Waals surface area contributed by atoms with Crippen molar-refractivity contribution in [3.05, 3.63) is 44.4 Å². The van der Waals surface area contributed by atoms with Gasteiger partial charge in [0.2, 0.25) is 0 Å². The predicted molar refractivity (Wildman–Crippen MR) is 101 cm³/mol. The molecule has 2 saturated carbocycles. The Bertz CT molecular complexity index is 819. The number of hydrogen-bond donors (Lipinski definition) is 0. The van der Waals surface area contributed by atoms with E-state index in [1.54, 1.807) is 6.21 Å². The Labute approximate surface area is 162 Å². The number of imide groups is 1. The number of hydrogen-bond acceptors (Lipinski definition) is 3. The second-order valence-corrected chi connectivity index (χ2v) is 9.21. The number of benzene rings is 1. The third kappa shape index (κ3) is 2.19. The molecule has 128 valence electrons. The van der Waals surface area contributed by atoms with Crippen LogP contribution in [0.15, 0.2) is 38.3 Å². The molecule has 6 atom stereocenters. The molecule has 4 nitrogen and oxygen atoms in total. The number of carbonyl (C=O) groups excluding carboxylic acids is 2. The highest BCUT2D eigenvalue weighted by Crippen LogP contribution is 2.65. The molecule has 25 heavy (non-hydrogen) atoms. The first-order valence-corrected chi connectivity index (χ1v) is 10.1. The minimum Gasteiger partial charge on any atom is -0.272 e. The Balaban J connectivity index is 1.45. The molecular formula is C19H16Br2N2O2. The molecule has 6 heteroatoms. The van der Waals surface area contributed by atoms with Gasteiger partial charge in [-0.25, -0.2) is 0 Å². The summed E-state index contributed by atoms with van der Waals surface area (Å²) in [5, 5.41) is 5.39. The van der Waals surface area contributed by atoms with E-state index in [-0.39, 0.29) is 35.5 Å². The molecule has 6 rings (SSSR count). The van der Waals surface area contributed by atoms with E-state index in [9.17, 15) is 9.59 Å². The van der Waals surface area contributed by atoms with Crippen molar-refractivity contribution in [2.45, 2.75) is 13.3 Å². The van der Waals surface area contributed by atoms with Crippen LogP contribution in [0.1, 0.15) is 17.5 Å². The van der Waals surface area contributed by atoms with Crippen LogP contribution in [0.2, 0.25) is 0 Å². The molecule has 0 N–H and O–H groups in total. The number of allylic oxidation sites excluding steroid dienone is 2. The van der Waals surface area contributed by atoms with Crippen LogP contribution in [-0.2, 0) is 9.59 Å². The number of nitrogens with zero attached hydrogens (tertiary/aromatic N) is 2. The van der Waals surface area contributed by atoms with E-state index < -0.39 is 0 Å². The van der Waals surface area contributed by atoms with Gasteiger partial charge in [0.25, 0.3) is 11.8 Å². The molecular weight excluding hydrogens is 448 g/mol. The van der Waals surface area contributed by atoms with Crippen molar-refractivity contribution in [1.29, 1.82) is 0 Å². The molecule has 0 unspecified atom stereocenters. The fourth-order valence-corrected chi connectivity index (χ4v) is 6.14. The van der Waals surface area contributed by atoms with Gasteiger partial charge in [-0.05, 0) is 60.3 Å². The Morgan fingerprint density at radius 1 is 1.04 bits per heavy atom. The van der Waals surface area contributed by atoms with Crippen LogP contribution >= 0.6 is 31.9 Å². The zero-order valence-electron chi connectivity index (χ0n) is 13.5. The van der Waals surface area contributed by atoms with E-state index in [1.807, 2.05) is 19.1 Å². The first-order chi connectivity index (χ1) is 12.0. The van der Waals surface area contributed by atoms with Gasteiger partial charge in [-0.3, -0.25) is 9.59 Å². The van der Waals surface area contributed by atoms with E-state index in [0.717, 1.165) is 25.1 Å². The van der Waals surface area contributed by atoms with Crippen LogP contribution in [0.25, 0.3) is 0 Å². The highest BCUT2D eigenvalue weighted by molar-refractivity contribution is 9.11. The molecule has 1 aliphatic heterocycles. The summed E-state index contributed by atoms with van der Waals surface area (Å²) in [6.45, 7) is 2.00. The average molecular weight is 464 g/mol. The summed E-state index contributed by atoms with van der Waals surface area (Å²) in [7, 11) is 0. The van der Waals surface area contributed by atoms with Crippen LogP contribution < -0.4 is 0 Å². The van der Waals surface area contributed by atoms with Gasteiger partial charge < -0.3 is 0 Å². The average Bonchev–Trinajstić information content (AvgIpc) is 3.37. The molecule has 1 aromatic carbocycles. The van der Waals surface area contributed by atoms with Crippen LogP contribution in [-0.4, -0.2) is 23.0 Å². The maximum atomic E-state index is 12.9. The number of rotatable bonds is 2. The normalized spacial score (nSPS) is 37.8. The molecule has 4 aliphatic carbocycles. The molecule has 2 amide bonds. The fraction of sp³-hybridized carbons (Fsp3) is 0.421. The van der Waals surface area contributed by atoms with E-state index in [4.69, 9.17) is 0 Å². The molecule has 0 spiro atoms. The second-order valence-electron chi connectivity index (χ2n) is 7.50. The lowest BCUT2D eigenvalue weighted by molar-refractivity contribution is -0.140. The summed E-state index contributed by atoms with van der Waals surface area (Å²) >= 11 is 7.02. The summed E-state index contributed by atoms with van der Waals surface area (Å²) in [5.74, 6) is 1.06. The third-order valence-corrected chi connectivity index (χ3v) is 7.91. The van der Waals surface area contributed by atoms with Crippen molar-refractivity contribution < 1.29 is 9.59 Å². The predicted octanol–water partition coefficient (Wildman–Crippen LogP) is 3.91. The number of carbonyl (C=O) groups is 2. The number of halogens is 2. The van der Waals surface area contributed by atoms with Crippen LogP contribution in [0.5, 0.6) is 0 Å². The standard InChI is InChI=1S/C19H16Br2N2O2/c1-8-14(20)4-9(5-15(8)21)7-22-23-18(24)16-10-2-3-11(13-6-12(10)13)17(16)19(23)25/h2-5,7,10-13,16-17H,6H2,1H3/t10-,11-,12-,13+,16+,17+/m0/s1. The van der Waals surface area contributed by atoms with Crippen molar-refractivity contribution in [2.75, 3.05) is 0 Å². The molecule has 0 radical (unpaired) electrons. The van der Waals surface area contributed by atoms with Gasteiger partial charge in [0.1, 0.15) is 0 Å². The number of amides is 2. The van der Waals surface area contributed by atoms with E-state index >= 15 is 0 Å². The summed E-state index contributed by atoms with van der Waals surface area (Å²) in [4.78, 5) is 25.7. The van der Waals surface area contributed by atoms with Crippen molar-refractivity contribution >= 4 is 49.9 Å². The van der Waals surface area contributed by atoms with Gasteiger partial charge in [0, 0.05) is 8.95 Å².